The largest absolute Gasteiger partial charge is 0.462 e. The van der Waals surface area contributed by atoms with Gasteiger partial charge in [0.25, 0.3) is 0 Å². The number of hydrogen-bond acceptors (Lipinski definition) is 4. The van der Waals surface area contributed by atoms with Crippen LogP contribution < -0.4 is 0 Å². The van der Waals surface area contributed by atoms with Crippen LogP contribution in [0.5, 0.6) is 0 Å². The van der Waals surface area contributed by atoms with Crippen molar-refractivity contribution in [2.45, 2.75) is 193 Å². The quantitative estimate of drug-likeness (QED) is 0.151. The average Bonchev–Trinajstić information content (AvgIpc) is 2.94. The molecular formula is C36H64O4. The Balaban J connectivity index is 2.54. The molecule has 0 radical (unpaired) electrons. The van der Waals surface area contributed by atoms with Crippen LogP contribution in [0.1, 0.15) is 181 Å². The smallest absolute Gasteiger partial charge is 0.306 e. The monoisotopic (exact) mass is 560 g/mol. The first kappa shape index (κ1) is 36.4. The lowest BCUT2D eigenvalue weighted by molar-refractivity contribution is -0.150. The molecule has 0 fully saturated rings. The van der Waals surface area contributed by atoms with Crippen LogP contribution in [-0.2, 0) is 19.1 Å². The van der Waals surface area contributed by atoms with Gasteiger partial charge in [-0.05, 0) is 64.2 Å². The van der Waals surface area contributed by atoms with E-state index in [9.17, 15) is 9.59 Å². The van der Waals surface area contributed by atoms with Gasteiger partial charge in [0.05, 0.1) is 0 Å². The fourth-order valence-corrected chi connectivity index (χ4v) is 5.39. The SMILES string of the molecule is CCCCCCC1C/C=C\CCCCCCCC(=O)OC(CCCCCC)C/C=C\CCCCCCCC(=O)O1. The lowest BCUT2D eigenvalue weighted by Crippen LogP contribution is -2.17. The van der Waals surface area contributed by atoms with Crippen LogP contribution in [0.3, 0.4) is 0 Å². The molecule has 0 bridgehead atoms. The molecule has 0 aromatic rings. The molecular weight excluding hydrogens is 496 g/mol. The van der Waals surface area contributed by atoms with Gasteiger partial charge in [0.15, 0.2) is 0 Å². The van der Waals surface area contributed by atoms with Gasteiger partial charge in [0.1, 0.15) is 12.2 Å². The Morgan fingerprint density at radius 3 is 1.35 bits per heavy atom. The van der Waals surface area contributed by atoms with Gasteiger partial charge >= 0.3 is 11.9 Å². The Kier molecular flexibility index (Phi) is 25.1. The van der Waals surface area contributed by atoms with Crippen molar-refractivity contribution in [1.29, 1.82) is 0 Å². The van der Waals surface area contributed by atoms with Crippen molar-refractivity contribution in [3.05, 3.63) is 24.3 Å². The minimum absolute atomic E-state index is 0.0109. The highest BCUT2D eigenvalue weighted by Gasteiger charge is 2.14. The maximum atomic E-state index is 12.5. The molecule has 2 unspecified atom stereocenters. The molecule has 1 aliphatic rings. The number of carbonyl (C=O) groups is 2. The molecule has 0 N–H and O–H groups in total. The van der Waals surface area contributed by atoms with E-state index in [1.54, 1.807) is 0 Å². The Labute approximate surface area is 248 Å². The first-order valence-corrected chi connectivity index (χ1v) is 17.3. The van der Waals surface area contributed by atoms with E-state index in [0.717, 1.165) is 77.0 Å². The Hall–Kier alpha value is -1.58. The molecule has 0 aromatic carbocycles. The molecule has 0 saturated carbocycles. The molecule has 4 nitrogen and oxygen atoms in total. The van der Waals surface area contributed by atoms with Gasteiger partial charge < -0.3 is 9.47 Å². The lowest BCUT2D eigenvalue weighted by atomic mass is 10.0. The number of ether oxygens (including phenoxy) is 2. The summed E-state index contributed by atoms with van der Waals surface area (Å²) >= 11 is 0. The number of esters is 2. The van der Waals surface area contributed by atoms with Crippen molar-refractivity contribution in [2.75, 3.05) is 0 Å². The Bertz CT molecular complexity index is 597. The summed E-state index contributed by atoms with van der Waals surface area (Å²) in [4.78, 5) is 25.0. The predicted octanol–water partition coefficient (Wildman–Crippen LogP) is 11.1. The lowest BCUT2D eigenvalue weighted by Gasteiger charge is -2.17. The van der Waals surface area contributed by atoms with Crippen LogP contribution in [-0.4, -0.2) is 24.1 Å². The van der Waals surface area contributed by atoms with E-state index in [0.29, 0.717) is 12.8 Å². The van der Waals surface area contributed by atoms with Crippen molar-refractivity contribution in [2.24, 2.45) is 0 Å². The average molecular weight is 561 g/mol. The Morgan fingerprint density at radius 2 is 0.925 bits per heavy atom. The van der Waals surface area contributed by atoms with Crippen LogP contribution in [0.4, 0.5) is 0 Å². The van der Waals surface area contributed by atoms with Crippen LogP contribution in [0, 0.1) is 0 Å². The summed E-state index contributed by atoms with van der Waals surface area (Å²) in [6.07, 6.45) is 36.7. The van der Waals surface area contributed by atoms with E-state index in [1.807, 2.05) is 0 Å². The molecule has 0 saturated heterocycles. The zero-order chi connectivity index (χ0) is 28.9. The van der Waals surface area contributed by atoms with E-state index in [-0.39, 0.29) is 24.1 Å². The number of carbonyl (C=O) groups excluding carboxylic acids is 2. The van der Waals surface area contributed by atoms with E-state index in [1.165, 1.54) is 77.0 Å². The third kappa shape index (κ3) is 23.2. The molecule has 0 aromatic heterocycles. The molecule has 40 heavy (non-hydrogen) atoms. The number of unbranched alkanes of at least 4 members (excludes halogenated alkanes) is 6. The van der Waals surface area contributed by atoms with Gasteiger partial charge in [-0.1, -0.05) is 115 Å². The minimum atomic E-state index is -0.0109. The van der Waals surface area contributed by atoms with E-state index >= 15 is 0 Å². The first-order chi connectivity index (χ1) is 19.7. The van der Waals surface area contributed by atoms with E-state index < -0.39 is 0 Å². The second-order valence-electron chi connectivity index (χ2n) is 11.9. The topological polar surface area (TPSA) is 52.6 Å². The van der Waals surface area contributed by atoms with Gasteiger partial charge in [0.2, 0.25) is 0 Å². The van der Waals surface area contributed by atoms with E-state index in [4.69, 9.17) is 9.47 Å². The van der Waals surface area contributed by atoms with Crippen LogP contribution in [0.2, 0.25) is 0 Å². The van der Waals surface area contributed by atoms with Crippen LogP contribution in [0.25, 0.3) is 0 Å². The molecule has 4 heteroatoms. The van der Waals surface area contributed by atoms with Crippen molar-refractivity contribution in [1.82, 2.24) is 0 Å². The number of cyclic esters (lactones) is 2. The van der Waals surface area contributed by atoms with Crippen LogP contribution in [0.15, 0.2) is 24.3 Å². The zero-order valence-electron chi connectivity index (χ0n) is 26.5. The molecule has 232 valence electrons. The van der Waals surface area contributed by atoms with Crippen molar-refractivity contribution in [3.63, 3.8) is 0 Å². The summed E-state index contributed by atoms with van der Waals surface area (Å²) in [6, 6.07) is 0. The van der Waals surface area contributed by atoms with Gasteiger partial charge in [-0.3, -0.25) is 9.59 Å². The third-order valence-corrected chi connectivity index (χ3v) is 7.99. The summed E-state index contributed by atoms with van der Waals surface area (Å²) < 4.78 is 11.8. The summed E-state index contributed by atoms with van der Waals surface area (Å²) in [6.45, 7) is 4.46. The normalized spacial score (nSPS) is 24.1. The highest BCUT2D eigenvalue weighted by Crippen LogP contribution is 2.17. The van der Waals surface area contributed by atoms with Gasteiger partial charge in [-0.2, -0.15) is 0 Å². The second kappa shape index (κ2) is 27.6. The maximum absolute atomic E-state index is 12.5. The van der Waals surface area contributed by atoms with Crippen molar-refractivity contribution < 1.29 is 19.1 Å². The molecule has 2 atom stereocenters. The van der Waals surface area contributed by atoms with Gasteiger partial charge in [-0.15, -0.1) is 0 Å². The molecule has 0 aliphatic carbocycles. The Morgan fingerprint density at radius 1 is 0.525 bits per heavy atom. The molecule has 0 spiro atoms. The second-order valence-corrected chi connectivity index (χ2v) is 11.9. The predicted molar refractivity (Wildman–Crippen MR) is 169 cm³/mol. The highest BCUT2D eigenvalue weighted by molar-refractivity contribution is 5.69. The fourth-order valence-electron chi connectivity index (χ4n) is 5.39. The minimum Gasteiger partial charge on any atom is -0.462 e. The fraction of sp³-hybridized carbons (Fsp3) is 0.833. The highest BCUT2D eigenvalue weighted by atomic mass is 16.5. The molecule has 1 rings (SSSR count). The number of hydrogen-bond donors (Lipinski definition) is 0. The standard InChI is InChI=1S/C36H64O4/c1-3-5-7-21-27-33-29-23-17-13-9-11-16-20-26-32-36(38)40-34(28-22-8-6-4-2)30-24-18-14-10-12-15-19-25-31-35(37)39-33/h17-18,23-24,33-34H,3-16,19-22,25-32H2,1-2H3/b23-17-,24-18-. The maximum Gasteiger partial charge on any atom is 0.306 e. The molecule has 1 heterocycles. The third-order valence-electron chi connectivity index (χ3n) is 7.99. The molecule has 1 aliphatic heterocycles. The number of rotatable bonds is 10. The summed E-state index contributed by atoms with van der Waals surface area (Å²) in [5, 5.41) is 0. The summed E-state index contributed by atoms with van der Waals surface area (Å²) in [5.74, 6) is -0.0218. The van der Waals surface area contributed by atoms with Crippen molar-refractivity contribution >= 4 is 11.9 Å². The first-order valence-electron chi connectivity index (χ1n) is 17.3. The van der Waals surface area contributed by atoms with E-state index in [2.05, 4.69) is 38.2 Å². The number of allylic oxidation sites excluding steroid dienone is 2. The van der Waals surface area contributed by atoms with Gasteiger partial charge in [-0.25, -0.2) is 0 Å². The van der Waals surface area contributed by atoms with Gasteiger partial charge in [0, 0.05) is 25.7 Å². The summed E-state index contributed by atoms with van der Waals surface area (Å²) in [7, 11) is 0. The van der Waals surface area contributed by atoms with Crippen molar-refractivity contribution in [3.8, 4) is 0 Å². The summed E-state index contributed by atoms with van der Waals surface area (Å²) in [5.41, 5.74) is 0. The molecule has 0 amide bonds. The zero-order valence-corrected chi connectivity index (χ0v) is 26.5. The van der Waals surface area contributed by atoms with Crippen LogP contribution >= 0.6 is 0 Å².